The largest absolute Gasteiger partial charge is 0.326 e. The molecule has 4 nitrogen and oxygen atoms in total. The SMILES string of the molecule is CCC(N)C(c1cccnc1)N1CCN(CC2CC2)CC1. The minimum absolute atomic E-state index is 0.184. The number of aromatic nitrogens is 1. The Morgan fingerprint density at radius 1 is 1.29 bits per heavy atom. The highest BCUT2D eigenvalue weighted by molar-refractivity contribution is 5.16. The van der Waals surface area contributed by atoms with Crippen molar-refractivity contribution in [3.63, 3.8) is 0 Å². The van der Waals surface area contributed by atoms with Crippen molar-refractivity contribution in [2.75, 3.05) is 32.7 Å². The lowest BCUT2D eigenvalue weighted by molar-refractivity contribution is 0.0810. The first-order valence-electron chi connectivity index (χ1n) is 8.40. The van der Waals surface area contributed by atoms with Crippen LogP contribution >= 0.6 is 0 Å². The molecule has 4 heteroatoms. The van der Waals surface area contributed by atoms with Gasteiger partial charge in [-0.15, -0.1) is 0 Å². The van der Waals surface area contributed by atoms with Crippen molar-refractivity contribution in [1.29, 1.82) is 0 Å². The minimum atomic E-state index is 0.184. The van der Waals surface area contributed by atoms with E-state index in [0.29, 0.717) is 6.04 Å². The highest BCUT2D eigenvalue weighted by Gasteiger charge is 2.31. The van der Waals surface area contributed by atoms with Gasteiger partial charge < -0.3 is 10.6 Å². The van der Waals surface area contributed by atoms with E-state index < -0.39 is 0 Å². The summed E-state index contributed by atoms with van der Waals surface area (Å²) in [5, 5.41) is 0. The van der Waals surface area contributed by atoms with Gasteiger partial charge in [-0.05, 0) is 36.8 Å². The molecular formula is C17H28N4. The average Bonchev–Trinajstić information content (AvgIpc) is 3.34. The van der Waals surface area contributed by atoms with Gasteiger partial charge >= 0.3 is 0 Å². The minimum Gasteiger partial charge on any atom is -0.326 e. The van der Waals surface area contributed by atoms with Crippen LogP contribution in [-0.2, 0) is 0 Å². The van der Waals surface area contributed by atoms with Crippen molar-refractivity contribution >= 4 is 0 Å². The van der Waals surface area contributed by atoms with E-state index in [-0.39, 0.29) is 6.04 Å². The third kappa shape index (κ3) is 3.82. The Hall–Kier alpha value is -0.970. The number of rotatable bonds is 6. The Bertz CT molecular complexity index is 424. The van der Waals surface area contributed by atoms with Crippen molar-refractivity contribution in [2.45, 2.75) is 38.3 Å². The first-order chi connectivity index (χ1) is 10.3. The smallest absolute Gasteiger partial charge is 0.0515 e. The van der Waals surface area contributed by atoms with E-state index in [1.807, 2.05) is 18.5 Å². The first-order valence-corrected chi connectivity index (χ1v) is 8.40. The van der Waals surface area contributed by atoms with E-state index in [1.54, 1.807) is 0 Å². The van der Waals surface area contributed by atoms with Crippen molar-refractivity contribution in [1.82, 2.24) is 14.8 Å². The topological polar surface area (TPSA) is 45.4 Å². The van der Waals surface area contributed by atoms with Crippen LogP contribution in [0.2, 0.25) is 0 Å². The van der Waals surface area contributed by atoms with Gasteiger partial charge in [0, 0.05) is 51.2 Å². The lowest BCUT2D eigenvalue weighted by Gasteiger charge is -2.41. The second-order valence-electron chi connectivity index (χ2n) is 6.58. The Balaban J connectivity index is 1.64. The summed E-state index contributed by atoms with van der Waals surface area (Å²) >= 11 is 0. The lowest BCUT2D eigenvalue weighted by Crippen LogP contribution is -2.51. The molecule has 116 valence electrons. The summed E-state index contributed by atoms with van der Waals surface area (Å²) < 4.78 is 0. The Morgan fingerprint density at radius 3 is 2.62 bits per heavy atom. The lowest BCUT2D eigenvalue weighted by atomic mass is 9.97. The zero-order chi connectivity index (χ0) is 14.7. The molecule has 0 spiro atoms. The Labute approximate surface area is 128 Å². The molecule has 2 fully saturated rings. The maximum atomic E-state index is 6.42. The number of nitrogens with two attached hydrogens (primary N) is 1. The quantitative estimate of drug-likeness (QED) is 0.868. The van der Waals surface area contributed by atoms with Gasteiger partial charge in [-0.25, -0.2) is 0 Å². The molecule has 0 amide bonds. The standard InChI is InChI=1S/C17H28N4/c1-2-16(18)17(15-4-3-7-19-12-15)21-10-8-20(9-11-21)13-14-5-6-14/h3-4,7,12,14,16-17H,2,5-6,8-11,13,18H2,1H3. The second-order valence-corrected chi connectivity index (χ2v) is 6.58. The molecule has 1 aromatic rings. The summed E-state index contributed by atoms with van der Waals surface area (Å²) in [6.45, 7) is 8.11. The van der Waals surface area contributed by atoms with Gasteiger partial charge in [0.2, 0.25) is 0 Å². The van der Waals surface area contributed by atoms with Crippen LogP contribution in [0.3, 0.4) is 0 Å². The molecule has 2 N–H and O–H groups in total. The Morgan fingerprint density at radius 2 is 2.05 bits per heavy atom. The van der Waals surface area contributed by atoms with E-state index in [0.717, 1.165) is 25.4 Å². The molecule has 1 saturated heterocycles. The molecule has 2 aliphatic rings. The predicted molar refractivity (Wildman–Crippen MR) is 86.0 cm³/mol. The fourth-order valence-corrected chi connectivity index (χ4v) is 3.39. The van der Waals surface area contributed by atoms with Gasteiger partial charge in [-0.2, -0.15) is 0 Å². The Kier molecular flexibility index (Phi) is 4.88. The molecule has 1 aromatic heterocycles. The van der Waals surface area contributed by atoms with E-state index in [4.69, 9.17) is 5.73 Å². The number of hydrogen-bond acceptors (Lipinski definition) is 4. The van der Waals surface area contributed by atoms with Gasteiger partial charge in [0.25, 0.3) is 0 Å². The van der Waals surface area contributed by atoms with Crippen LogP contribution in [-0.4, -0.2) is 53.5 Å². The highest BCUT2D eigenvalue weighted by atomic mass is 15.3. The molecule has 1 saturated carbocycles. The summed E-state index contributed by atoms with van der Waals surface area (Å²) in [4.78, 5) is 9.48. The molecule has 2 heterocycles. The zero-order valence-corrected chi connectivity index (χ0v) is 13.1. The van der Waals surface area contributed by atoms with E-state index in [1.165, 1.54) is 38.0 Å². The van der Waals surface area contributed by atoms with E-state index >= 15 is 0 Å². The average molecular weight is 288 g/mol. The van der Waals surface area contributed by atoms with Crippen LogP contribution in [0.1, 0.15) is 37.8 Å². The first kappa shape index (κ1) is 14.9. The van der Waals surface area contributed by atoms with Crippen molar-refractivity contribution in [3.8, 4) is 0 Å². The van der Waals surface area contributed by atoms with Crippen LogP contribution in [0.15, 0.2) is 24.5 Å². The molecule has 1 aliphatic heterocycles. The number of pyridine rings is 1. The van der Waals surface area contributed by atoms with Crippen LogP contribution in [0.4, 0.5) is 0 Å². The third-order valence-electron chi connectivity index (χ3n) is 4.92. The number of piperazine rings is 1. The molecule has 1 aliphatic carbocycles. The van der Waals surface area contributed by atoms with Crippen LogP contribution < -0.4 is 5.73 Å². The van der Waals surface area contributed by atoms with Gasteiger partial charge in [-0.3, -0.25) is 9.88 Å². The second kappa shape index (κ2) is 6.86. The van der Waals surface area contributed by atoms with Crippen molar-refractivity contribution in [2.24, 2.45) is 11.7 Å². The zero-order valence-electron chi connectivity index (χ0n) is 13.1. The van der Waals surface area contributed by atoms with E-state index in [2.05, 4.69) is 27.8 Å². The third-order valence-corrected chi connectivity index (χ3v) is 4.92. The van der Waals surface area contributed by atoms with Crippen LogP contribution in [0.25, 0.3) is 0 Å². The molecule has 0 radical (unpaired) electrons. The molecule has 3 rings (SSSR count). The van der Waals surface area contributed by atoms with Crippen LogP contribution in [0, 0.1) is 5.92 Å². The maximum Gasteiger partial charge on any atom is 0.0515 e. The summed E-state index contributed by atoms with van der Waals surface area (Å²) in [7, 11) is 0. The summed E-state index contributed by atoms with van der Waals surface area (Å²) in [5.41, 5.74) is 7.69. The summed E-state index contributed by atoms with van der Waals surface area (Å²) in [6.07, 6.45) is 7.71. The fourth-order valence-electron chi connectivity index (χ4n) is 3.39. The fraction of sp³-hybridized carbons (Fsp3) is 0.706. The number of hydrogen-bond donors (Lipinski definition) is 1. The molecule has 2 atom stereocenters. The van der Waals surface area contributed by atoms with Crippen molar-refractivity contribution < 1.29 is 0 Å². The van der Waals surface area contributed by atoms with E-state index in [9.17, 15) is 0 Å². The normalized spacial score (nSPS) is 23.9. The predicted octanol–water partition coefficient (Wildman–Crippen LogP) is 1.89. The summed E-state index contributed by atoms with van der Waals surface area (Å²) in [6, 6.07) is 4.69. The van der Waals surface area contributed by atoms with Crippen LogP contribution in [0.5, 0.6) is 0 Å². The van der Waals surface area contributed by atoms with Crippen molar-refractivity contribution in [3.05, 3.63) is 30.1 Å². The summed E-state index contributed by atoms with van der Waals surface area (Å²) in [5.74, 6) is 0.989. The molecule has 0 aromatic carbocycles. The van der Waals surface area contributed by atoms with Gasteiger partial charge in [-0.1, -0.05) is 13.0 Å². The number of nitrogens with zero attached hydrogens (tertiary/aromatic N) is 3. The monoisotopic (exact) mass is 288 g/mol. The molecule has 0 bridgehead atoms. The molecule has 21 heavy (non-hydrogen) atoms. The van der Waals surface area contributed by atoms with Gasteiger partial charge in [0.1, 0.15) is 0 Å². The van der Waals surface area contributed by atoms with Gasteiger partial charge in [0.05, 0.1) is 6.04 Å². The molecule has 2 unspecified atom stereocenters. The maximum absolute atomic E-state index is 6.42. The van der Waals surface area contributed by atoms with Gasteiger partial charge in [0.15, 0.2) is 0 Å². The molecular weight excluding hydrogens is 260 g/mol. The highest BCUT2D eigenvalue weighted by Crippen LogP contribution is 2.31.